The topological polar surface area (TPSA) is 145 Å². The lowest BCUT2D eigenvalue weighted by Gasteiger charge is -2.18. The molecule has 0 aliphatic carbocycles. The van der Waals surface area contributed by atoms with E-state index in [4.69, 9.17) is 17.2 Å². The highest BCUT2D eigenvalue weighted by Gasteiger charge is 2.20. The van der Waals surface area contributed by atoms with Crippen LogP contribution in [0.3, 0.4) is 0 Å². The molecule has 3 amide bonds. The molecule has 1 heterocycles. The van der Waals surface area contributed by atoms with E-state index in [0.717, 1.165) is 4.90 Å². The van der Waals surface area contributed by atoms with Crippen molar-refractivity contribution in [2.75, 3.05) is 18.8 Å². The SMILES string of the molecule is NC(=O)CN(CC(N)=O)C(=O)c1ccc(N)cn1. The number of hydrogen-bond donors (Lipinski definition) is 3. The molecule has 0 unspecified atom stereocenters. The highest BCUT2D eigenvalue weighted by atomic mass is 16.2. The van der Waals surface area contributed by atoms with Crippen molar-refractivity contribution in [1.29, 1.82) is 0 Å². The standard InChI is InChI=1S/C10H13N5O3/c11-6-1-2-7(14-3-6)10(18)15(4-8(12)16)5-9(13)17/h1-3H,4-5,11H2,(H2,12,16)(H2,13,17). The molecule has 1 aromatic heterocycles. The normalized spacial score (nSPS) is 9.78. The number of nitrogens with zero attached hydrogens (tertiary/aromatic N) is 2. The van der Waals surface area contributed by atoms with Gasteiger partial charge in [-0.2, -0.15) is 0 Å². The minimum absolute atomic E-state index is 0.0479. The molecule has 0 radical (unpaired) electrons. The second-order valence-electron chi connectivity index (χ2n) is 3.57. The van der Waals surface area contributed by atoms with E-state index in [1.54, 1.807) is 0 Å². The maximum absolute atomic E-state index is 11.9. The van der Waals surface area contributed by atoms with Crippen LogP contribution in [0.15, 0.2) is 18.3 Å². The number of rotatable bonds is 5. The van der Waals surface area contributed by atoms with Gasteiger partial charge in [-0.15, -0.1) is 0 Å². The minimum atomic E-state index is -0.750. The first-order valence-corrected chi connectivity index (χ1v) is 4.97. The van der Waals surface area contributed by atoms with E-state index in [1.807, 2.05) is 0 Å². The minimum Gasteiger partial charge on any atom is -0.397 e. The number of amides is 3. The maximum Gasteiger partial charge on any atom is 0.273 e. The summed E-state index contributed by atoms with van der Waals surface area (Å²) in [5.41, 5.74) is 15.8. The highest BCUT2D eigenvalue weighted by molar-refractivity contribution is 5.97. The Morgan fingerprint density at radius 1 is 1.11 bits per heavy atom. The van der Waals surface area contributed by atoms with Crippen LogP contribution < -0.4 is 17.2 Å². The van der Waals surface area contributed by atoms with Gasteiger partial charge in [-0.3, -0.25) is 14.4 Å². The average Bonchev–Trinajstić information content (AvgIpc) is 2.27. The maximum atomic E-state index is 11.9. The van der Waals surface area contributed by atoms with Gasteiger partial charge in [-0.05, 0) is 12.1 Å². The first-order valence-electron chi connectivity index (χ1n) is 4.97. The summed E-state index contributed by atoms with van der Waals surface area (Å²) < 4.78 is 0. The molecule has 6 N–H and O–H groups in total. The monoisotopic (exact) mass is 251 g/mol. The Bertz CT molecular complexity index is 455. The van der Waals surface area contributed by atoms with Crippen LogP contribution in [0.1, 0.15) is 10.5 Å². The summed E-state index contributed by atoms with van der Waals surface area (Å²) in [6.45, 7) is -0.818. The Morgan fingerprint density at radius 3 is 2.06 bits per heavy atom. The Kier molecular flexibility index (Phi) is 4.19. The molecule has 0 aliphatic rings. The number of carbonyl (C=O) groups is 3. The summed E-state index contributed by atoms with van der Waals surface area (Å²) in [5, 5.41) is 0. The van der Waals surface area contributed by atoms with E-state index < -0.39 is 30.8 Å². The van der Waals surface area contributed by atoms with E-state index in [9.17, 15) is 14.4 Å². The van der Waals surface area contributed by atoms with Crippen molar-refractivity contribution in [3.8, 4) is 0 Å². The van der Waals surface area contributed by atoms with Gasteiger partial charge in [-0.25, -0.2) is 4.98 Å². The van der Waals surface area contributed by atoms with Crippen molar-refractivity contribution in [3.63, 3.8) is 0 Å². The molecule has 8 heteroatoms. The Labute approximate surface area is 103 Å². The second-order valence-corrected chi connectivity index (χ2v) is 3.57. The average molecular weight is 251 g/mol. The Balaban J connectivity index is 2.90. The summed E-state index contributed by atoms with van der Waals surface area (Å²) >= 11 is 0. The molecular formula is C10H13N5O3. The molecule has 18 heavy (non-hydrogen) atoms. The van der Waals surface area contributed by atoms with Gasteiger partial charge >= 0.3 is 0 Å². The second kappa shape index (κ2) is 5.62. The number of aromatic nitrogens is 1. The van der Waals surface area contributed by atoms with Crippen LogP contribution in [0, 0.1) is 0 Å². The summed E-state index contributed by atoms with van der Waals surface area (Å²) in [4.78, 5) is 38.3. The molecule has 0 fully saturated rings. The van der Waals surface area contributed by atoms with E-state index in [-0.39, 0.29) is 5.69 Å². The molecule has 1 rings (SSSR count). The van der Waals surface area contributed by atoms with Crippen LogP contribution in [0.25, 0.3) is 0 Å². The lowest BCUT2D eigenvalue weighted by atomic mass is 10.3. The third-order valence-corrected chi connectivity index (χ3v) is 1.99. The molecular weight excluding hydrogens is 238 g/mol. The highest BCUT2D eigenvalue weighted by Crippen LogP contribution is 2.04. The quantitative estimate of drug-likeness (QED) is 0.558. The lowest BCUT2D eigenvalue weighted by Crippen LogP contribution is -2.43. The predicted molar refractivity (Wildman–Crippen MR) is 62.9 cm³/mol. The van der Waals surface area contributed by atoms with Gasteiger partial charge in [-0.1, -0.05) is 0 Å². The number of anilines is 1. The molecule has 0 spiro atoms. The molecule has 0 aliphatic heterocycles. The summed E-state index contributed by atoms with van der Waals surface area (Å²) in [6.07, 6.45) is 1.29. The zero-order valence-electron chi connectivity index (χ0n) is 9.50. The van der Waals surface area contributed by atoms with E-state index >= 15 is 0 Å². The van der Waals surface area contributed by atoms with E-state index in [2.05, 4.69) is 4.98 Å². The van der Waals surface area contributed by atoms with Crippen molar-refractivity contribution in [2.45, 2.75) is 0 Å². The summed E-state index contributed by atoms with van der Waals surface area (Å²) in [7, 11) is 0. The van der Waals surface area contributed by atoms with Crippen LogP contribution in [-0.4, -0.2) is 40.7 Å². The van der Waals surface area contributed by atoms with Crippen LogP contribution in [0.5, 0.6) is 0 Å². The van der Waals surface area contributed by atoms with E-state index in [1.165, 1.54) is 18.3 Å². The molecule has 8 nitrogen and oxygen atoms in total. The third kappa shape index (κ3) is 3.74. The third-order valence-electron chi connectivity index (χ3n) is 1.99. The van der Waals surface area contributed by atoms with Gasteiger partial charge in [0.25, 0.3) is 5.91 Å². The molecule has 0 saturated carbocycles. The van der Waals surface area contributed by atoms with Crippen molar-refractivity contribution < 1.29 is 14.4 Å². The lowest BCUT2D eigenvalue weighted by molar-refractivity contribution is -0.121. The number of hydrogen-bond acceptors (Lipinski definition) is 5. The number of nitrogens with two attached hydrogens (primary N) is 3. The van der Waals surface area contributed by atoms with Crippen molar-refractivity contribution >= 4 is 23.4 Å². The fourth-order valence-corrected chi connectivity index (χ4v) is 1.27. The molecule has 96 valence electrons. The van der Waals surface area contributed by atoms with Crippen LogP contribution in [0.4, 0.5) is 5.69 Å². The van der Waals surface area contributed by atoms with Gasteiger partial charge in [0.05, 0.1) is 11.9 Å². The molecule has 1 aromatic rings. The van der Waals surface area contributed by atoms with Gasteiger partial charge in [0, 0.05) is 0 Å². The fourth-order valence-electron chi connectivity index (χ4n) is 1.27. The largest absolute Gasteiger partial charge is 0.397 e. The Hall–Kier alpha value is -2.64. The smallest absolute Gasteiger partial charge is 0.273 e. The summed E-state index contributed by atoms with van der Waals surface area (Å²) in [6, 6.07) is 2.86. The van der Waals surface area contributed by atoms with Gasteiger partial charge in [0.1, 0.15) is 18.8 Å². The number of pyridine rings is 1. The number of carbonyl (C=O) groups excluding carboxylic acids is 3. The number of nitrogen functional groups attached to an aromatic ring is 1. The first-order chi connectivity index (χ1) is 8.40. The predicted octanol–water partition coefficient (Wildman–Crippen LogP) is -1.92. The molecule has 0 bridgehead atoms. The van der Waals surface area contributed by atoms with Gasteiger partial charge in [0.2, 0.25) is 11.8 Å². The zero-order chi connectivity index (χ0) is 13.7. The van der Waals surface area contributed by atoms with Gasteiger partial charge in [0.15, 0.2) is 0 Å². The summed E-state index contributed by atoms with van der Waals surface area (Å²) in [5.74, 6) is -2.12. The van der Waals surface area contributed by atoms with Crippen molar-refractivity contribution in [1.82, 2.24) is 9.88 Å². The molecule has 0 saturated heterocycles. The van der Waals surface area contributed by atoms with Crippen molar-refractivity contribution in [3.05, 3.63) is 24.0 Å². The fraction of sp³-hybridized carbons (Fsp3) is 0.200. The molecule has 0 atom stereocenters. The van der Waals surface area contributed by atoms with Crippen LogP contribution in [0.2, 0.25) is 0 Å². The Morgan fingerprint density at radius 2 is 1.67 bits per heavy atom. The number of primary amides is 2. The van der Waals surface area contributed by atoms with Gasteiger partial charge < -0.3 is 22.1 Å². The first kappa shape index (κ1) is 13.4. The zero-order valence-corrected chi connectivity index (χ0v) is 9.50. The molecule has 0 aromatic carbocycles. The van der Waals surface area contributed by atoms with Crippen LogP contribution >= 0.6 is 0 Å². The van der Waals surface area contributed by atoms with Crippen LogP contribution in [-0.2, 0) is 9.59 Å². The van der Waals surface area contributed by atoms with E-state index in [0.29, 0.717) is 5.69 Å². The van der Waals surface area contributed by atoms with Crippen molar-refractivity contribution in [2.24, 2.45) is 11.5 Å².